The molecule has 0 aromatic heterocycles. The third kappa shape index (κ3) is 1.42. The van der Waals surface area contributed by atoms with Crippen LogP contribution >= 0.6 is 0 Å². The minimum absolute atomic E-state index is 0.255. The maximum atomic E-state index is 13.7. The standard InChI is InChI=1S/C12H12FNO/c13-10-6-9(7-1-2-7)5-8-3-4-14-12(15)11(8)10/h5-7H,1-4H2,(H,14,15). The molecule has 1 fully saturated rings. The molecular weight excluding hydrogens is 193 g/mol. The van der Waals surface area contributed by atoms with Gasteiger partial charge in [0.2, 0.25) is 0 Å². The van der Waals surface area contributed by atoms with Crippen LogP contribution in [0.5, 0.6) is 0 Å². The van der Waals surface area contributed by atoms with Crippen LogP contribution < -0.4 is 5.32 Å². The summed E-state index contributed by atoms with van der Waals surface area (Å²) < 4.78 is 13.7. The van der Waals surface area contributed by atoms with Gasteiger partial charge >= 0.3 is 0 Å². The molecule has 1 saturated carbocycles. The van der Waals surface area contributed by atoms with Gasteiger partial charge in [-0.3, -0.25) is 4.79 Å². The lowest BCUT2D eigenvalue weighted by molar-refractivity contribution is 0.0941. The van der Waals surface area contributed by atoms with Crippen LogP contribution in [-0.2, 0) is 6.42 Å². The van der Waals surface area contributed by atoms with E-state index >= 15 is 0 Å². The average Bonchev–Trinajstić information content (AvgIpc) is 3.00. The second-order valence-corrected chi connectivity index (χ2v) is 4.32. The summed E-state index contributed by atoms with van der Waals surface area (Å²) >= 11 is 0. The molecule has 2 nitrogen and oxygen atoms in total. The number of nitrogens with one attached hydrogen (secondary N) is 1. The molecule has 0 spiro atoms. The molecule has 1 aromatic carbocycles. The van der Waals surface area contributed by atoms with Crippen molar-refractivity contribution < 1.29 is 9.18 Å². The molecular formula is C12H12FNO. The summed E-state index contributed by atoms with van der Waals surface area (Å²) in [5.41, 5.74) is 2.20. The van der Waals surface area contributed by atoms with Crippen LogP contribution in [0, 0.1) is 5.82 Å². The van der Waals surface area contributed by atoms with Crippen LogP contribution in [0.1, 0.15) is 40.2 Å². The van der Waals surface area contributed by atoms with E-state index in [1.165, 1.54) is 6.07 Å². The van der Waals surface area contributed by atoms with Crippen molar-refractivity contribution >= 4 is 5.91 Å². The third-order valence-corrected chi connectivity index (χ3v) is 3.15. The minimum atomic E-state index is -0.355. The Balaban J connectivity index is 2.12. The monoisotopic (exact) mass is 205 g/mol. The molecule has 1 heterocycles. The molecule has 0 radical (unpaired) electrons. The normalized spacial score (nSPS) is 19.7. The fourth-order valence-corrected chi connectivity index (χ4v) is 2.19. The van der Waals surface area contributed by atoms with Crippen molar-refractivity contribution in [3.63, 3.8) is 0 Å². The number of carbonyl (C=O) groups excluding carboxylic acids is 1. The van der Waals surface area contributed by atoms with Crippen molar-refractivity contribution in [3.8, 4) is 0 Å². The maximum Gasteiger partial charge on any atom is 0.254 e. The average molecular weight is 205 g/mol. The molecule has 0 saturated heterocycles. The number of rotatable bonds is 1. The van der Waals surface area contributed by atoms with E-state index in [-0.39, 0.29) is 17.3 Å². The molecule has 1 aromatic rings. The number of halogens is 1. The number of fused-ring (bicyclic) bond motifs is 1. The first-order chi connectivity index (χ1) is 7.25. The second kappa shape index (κ2) is 3.05. The van der Waals surface area contributed by atoms with E-state index in [1.54, 1.807) is 0 Å². The summed E-state index contributed by atoms with van der Waals surface area (Å²) in [5.74, 6) is -0.0857. The van der Waals surface area contributed by atoms with Gasteiger partial charge in [0, 0.05) is 6.54 Å². The highest BCUT2D eigenvalue weighted by Gasteiger charge is 2.28. The highest BCUT2D eigenvalue weighted by Crippen LogP contribution is 2.41. The first kappa shape index (κ1) is 8.89. The highest BCUT2D eigenvalue weighted by atomic mass is 19.1. The molecule has 1 N–H and O–H groups in total. The van der Waals surface area contributed by atoms with Crippen LogP contribution in [-0.4, -0.2) is 12.5 Å². The van der Waals surface area contributed by atoms with Gasteiger partial charge in [0.15, 0.2) is 0 Å². The summed E-state index contributed by atoms with van der Waals surface area (Å²) in [6.07, 6.45) is 3.06. The highest BCUT2D eigenvalue weighted by molar-refractivity contribution is 5.97. The summed E-state index contributed by atoms with van der Waals surface area (Å²) in [7, 11) is 0. The Labute approximate surface area is 87.5 Å². The van der Waals surface area contributed by atoms with Gasteiger partial charge in [-0.1, -0.05) is 6.07 Å². The molecule has 2 aliphatic rings. The van der Waals surface area contributed by atoms with Gasteiger partial charge in [-0.05, 0) is 42.4 Å². The first-order valence-corrected chi connectivity index (χ1v) is 5.36. The molecule has 15 heavy (non-hydrogen) atoms. The molecule has 78 valence electrons. The summed E-state index contributed by atoms with van der Waals surface area (Å²) in [5, 5.41) is 2.66. The van der Waals surface area contributed by atoms with Gasteiger partial charge in [0.25, 0.3) is 5.91 Å². The first-order valence-electron chi connectivity index (χ1n) is 5.36. The van der Waals surface area contributed by atoms with Crippen molar-refractivity contribution in [2.24, 2.45) is 0 Å². The fourth-order valence-electron chi connectivity index (χ4n) is 2.19. The zero-order valence-corrected chi connectivity index (χ0v) is 8.35. The summed E-state index contributed by atoms with van der Waals surface area (Å²) in [6.45, 7) is 0.624. The van der Waals surface area contributed by atoms with Gasteiger partial charge in [-0.25, -0.2) is 4.39 Å². The predicted octanol–water partition coefficient (Wildman–Crippen LogP) is 1.99. The van der Waals surface area contributed by atoms with E-state index in [0.29, 0.717) is 12.5 Å². The lowest BCUT2D eigenvalue weighted by atomic mass is 9.95. The summed E-state index contributed by atoms with van der Waals surface area (Å²) in [6, 6.07) is 3.54. The fraction of sp³-hybridized carbons (Fsp3) is 0.417. The Bertz CT molecular complexity index is 437. The van der Waals surface area contributed by atoms with Gasteiger partial charge in [0.1, 0.15) is 5.82 Å². The lowest BCUT2D eigenvalue weighted by Crippen LogP contribution is -2.32. The quantitative estimate of drug-likeness (QED) is 0.746. The second-order valence-electron chi connectivity index (χ2n) is 4.32. The van der Waals surface area contributed by atoms with Gasteiger partial charge < -0.3 is 5.32 Å². The van der Waals surface area contributed by atoms with E-state index in [2.05, 4.69) is 5.32 Å². The topological polar surface area (TPSA) is 29.1 Å². The number of hydrogen-bond donors (Lipinski definition) is 1. The number of amides is 1. The van der Waals surface area contributed by atoms with Crippen LogP contribution in [0.15, 0.2) is 12.1 Å². The predicted molar refractivity (Wildman–Crippen MR) is 54.4 cm³/mol. The number of benzene rings is 1. The molecule has 1 amide bonds. The van der Waals surface area contributed by atoms with E-state index in [9.17, 15) is 9.18 Å². The van der Waals surface area contributed by atoms with Gasteiger partial charge in [0.05, 0.1) is 5.56 Å². The lowest BCUT2D eigenvalue weighted by Gasteiger charge is -2.18. The van der Waals surface area contributed by atoms with Gasteiger partial charge in [-0.15, -0.1) is 0 Å². The van der Waals surface area contributed by atoms with Crippen molar-refractivity contribution in [1.82, 2.24) is 5.32 Å². The van der Waals surface area contributed by atoms with Crippen molar-refractivity contribution in [2.75, 3.05) is 6.54 Å². The Morgan fingerprint density at radius 3 is 2.87 bits per heavy atom. The minimum Gasteiger partial charge on any atom is -0.352 e. The maximum absolute atomic E-state index is 13.7. The molecule has 3 heteroatoms. The molecule has 3 rings (SSSR count). The van der Waals surface area contributed by atoms with Crippen molar-refractivity contribution in [1.29, 1.82) is 0 Å². The zero-order chi connectivity index (χ0) is 10.4. The Kier molecular flexibility index (Phi) is 1.81. The molecule has 0 bridgehead atoms. The van der Waals surface area contributed by atoms with E-state index in [0.717, 1.165) is 30.4 Å². The molecule has 0 unspecified atom stereocenters. The van der Waals surface area contributed by atoms with Gasteiger partial charge in [-0.2, -0.15) is 0 Å². The SMILES string of the molecule is O=C1NCCc2cc(C3CC3)cc(F)c21. The number of hydrogen-bond acceptors (Lipinski definition) is 1. The zero-order valence-electron chi connectivity index (χ0n) is 8.35. The van der Waals surface area contributed by atoms with E-state index in [4.69, 9.17) is 0 Å². The van der Waals surface area contributed by atoms with E-state index in [1.807, 2.05) is 6.07 Å². The number of carbonyl (C=O) groups is 1. The van der Waals surface area contributed by atoms with Crippen molar-refractivity contribution in [2.45, 2.75) is 25.2 Å². The van der Waals surface area contributed by atoms with Crippen LogP contribution in [0.2, 0.25) is 0 Å². The third-order valence-electron chi connectivity index (χ3n) is 3.15. The smallest absolute Gasteiger partial charge is 0.254 e. The van der Waals surface area contributed by atoms with Crippen LogP contribution in [0.4, 0.5) is 4.39 Å². The Hall–Kier alpha value is -1.38. The molecule has 1 aliphatic carbocycles. The molecule has 0 atom stereocenters. The van der Waals surface area contributed by atoms with Crippen molar-refractivity contribution in [3.05, 3.63) is 34.6 Å². The largest absolute Gasteiger partial charge is 0.352 e. The molecule has 1 aliphatic heterocycles. The Morgan fingerprint density at radius 1 is 1.33 bits per heavy atom. The summed E-state index contributed by atoms with van der Waals surface area (Å²) in [4.78, 5) is 11.5. The van der Waals surface area contributed by atoms with Crippen LogP contribution in [0.25, 0.3) is 0 Å². The van der Waals surface area contributed by atoms with Crippen LogP contribution in [0.3, 0.4) is 0 Å². The Morgan fingerprint density at radius 2 is 2.13 bits per heavy atom. The van der Waals surface area contributed by atoms with E-state index < -0.39 is 0 Å².